The number of hydrogen-bond donors (Lipinski definition) is 0. The van der Waals surface area contributed by atoms with E-state index >= 15 is 0 Å². The van der Waals surface area contributed by atoms with Crippen LogP contribution in [0.15, 0.2) is 97.3 Å². The fraction of sp³-hybridized carbons (Fsp3) is 0.241. The number of ketones is 1. The van der Waals surface area contributed by atoms with E-state index in [4.69, 9.17) is 0 Å². The van der Waals surface area contributed by atoms with Crippen molar-refractivity contribution in [2.45, 2.75) is 25.7 Å². The summed E-state index contributed by atoms with van der Waals surface area (Å²) in [6, 6.07) is 32.1. The van der Waals surface area contributed by atoms with Crippen LogP contribution in [-0.2, 0) is 11.2 Å². The van der Waals surface area contributed by atoms with E-state index in [9.17, 15) is 4.79 Å². The van der Waals surface area contributed by atoms with E-state index in [2.05, 4.69) is 106 Å². The Morgan fingerprint density at radius 3 is 1.74 bits per heavy atom. The second kappa shape index (κ2) is 11.8. The summed E-state index contributed by atoms with van der Waals surface area (Å²) in [4.78, 5) is 27.9. The van der Waals surface area contributed by atoms with Gasteiger partial charge in [0.2, 0.25) is 5.95 Å². The van der Waals surface area contributed by atoms with Crippen LogP contribution >= 0.6 is 7.26 Å². The zero-order chi connectivity index (χ0) is 24.5. The Kier molecular flexibility index (Phi) is 8.33. The monoisotopic (exact) mass is 483 g/mol. The Labute approximate surface area is 208 Å². The van der Waals surface area contributed by atoms with Crippen molar-refractivity contribution in [2.75, 3.05) is 25.2 Å². The second-order valence-corrected chi connectivity index (χ2v) is 12.4. The van der Waals surface area contributed by atoms with E-state index in [0.717, 1.165) is 18.4 Å². The fourth-order valence-corrected chi connectivity index (χ4v) is 8.70. The van der Waals surface area contributed by atoms with Gasteiger partial charge in [-0.25, -0.2) is 9.97 Å². The maximum absolute atomic E-state index is 13.1. The molecular weight excluding hydrogens is 451 g/mol. The topological polar surface area (TPSA) is 59.0 Å². The minimum Gasteiger partial charge on any atom is -0.347 e. The van der Waals surface area contributed by atoms with Crippen molar-refractivity contribution in [3.8, 4) is 0 Å². The van der Waals surface area contributed by atoms with Crippen LogP contribution in [0.25, 0.3) is 0 Å². The molecule has 5 nitrogen and oxygen atoms in total. The summed E-state index contributed by atoms with van der Waals surface area (Å²) in [5, 5.41) is 3.94. The molecule has 3 aromatic carbocycles. The van der Waals surface area contributed by atoms with Gasteiger partial charge in [0.25, 0.3) is 0 Å². The lowest BCUT2D eigenvalue weighted by atomic mass is 10.1. The van der Waals surface area contributed by atoms with Gasteiger partial charge in [-0.1, -0.05) is 54.6 Å². The zero-order valence-corrected chi connectivity index (χ0v) is 21.3. The molecule has 0 spiro atoms. The Morgan fingerprint density at radius 1 is 0.743 bits per heavy atom. The molecule has 1 aromatic heterocycles. The highest BCUT2D eigenvalue weighted by atomic mass is 31.2. The third-order valence-corrected chi connectivity index (χ3v) is 10.6. The lowest BCUT2D eigenvalue weighted by molar-refractivity contribution is -0.118. The van der Waals surface area contributed by atoms with Crippen molar-refractivity contribution in [2.24, 2.45) is 0 Å². The number of rotatable bonds is 11. The van der Waals surface area contributed by atoms with E-state index in [1.807, 2.05) is 19.0 Å². The fourth-order valence-electron chi connectivity index (χ4n) is 4.40. The van der Waals surface area contributed by atoms with Crippen LogP contribution in [0.5, 0.6) is 0 Å². The molecule has 0 atom stereocenters. The minimum absolute atomic E-state index is 0.291. The summed E-state index contributed by atoms with van der Waals surface area (Å²) < 4.78 is 0. The van der Waals surface area contributed by atoms with Crippen molar-refractivity contribution >= 4 is 34.9 Å². The summed E-state index contributed by atoms with van der Waals surface area (Å²) in [5.74, 6) is 1.67. The first-order valence-corrected chi connectivity index (χ1v) is 14.0. The lowest BCUT2D eigenvalue weighted by Gasteiger charge is -2.27. The smallest absolute Gasteiger partial charge is 0.228 e. The number of benzene rings is 3. The third-order valence-electron chi connectivity index (χ3n) is 6.18. The predicted octanol–water partition coefficient (Wildman–Crippen LogP) is 4.21. The Hall–Kier alpha value is -3.43. The van der Waals surface area contributed by atoms with Crippen LogP contribution in [-0.4, -0.2) is 41.0 Å². The minimum atomic E-state index is -1.97. The summed E-state index contributed by atoms with van der Waals surface area (Å²) in [7, 11) is 1.84. The van der Waals surface area contributed by atoms with Gasteiger partial charge in [-0.2, -0.15) is 4.98 Å². The van der Waals surface area contributed by atoms with Crippen LogP contribution in [0.1, 0.15) is 25.1 Å². The van der Waals surface area contributed by atoms with Crippen molar-refractivity contribution < 1.29 is 4.79 Å². The first kappa shape index (κ1) is 24.7. The van der Waals surface area contributed by atoms with Crippen LogP contribution in [0.3, 0.4) is 0 Å². The van der Waals surface area contributed by atoms with Gasteiger partial charge in [0, 0.05) is 33.4 Å². The van der Waals surface area contributed by atoms with E-state index in [1.165, 1.54) is 22.2 Å². The first-order valence-electron chi connectivity index (χ1n) is 12.0. The molecule has 0 fully saturated rings. The molecule has 0 bridgehead atoms. The molecular formula is C29H32N4OP+. The van der Waals surface area contributed by atoms with E-state index in [1.54, 1.807) is 0 Å². The molecule has 0 N–H and O–H groups in total. The molecule has 35 heavy (non-hydrogen) atoms. The van der Waals surface area contributed by atoms with Gasteiger partial charge in [0.05, 0.1) is 6.16 Å². The standard InChI is InChI=1S/C29H32N4OP/c1-33(2)29-31-23-30-28(32-29)20-12-13-24(34)21-22-35(25-14-6-3-7-15-25,26-16-8-4-9-17-26)27-18-10-5-11-19-27/h3-11,14-19,23H,12-13,20-22H2,1-2H3/q+1. The number of anilines is 1. The molecule has 1 heterocycles. The molecule has 0 radical (unpaired) electrons. The van der Waals surface area contributed by atoms with Gasteiger partial charge in [0.15, 0.2) is 0 Å². The predicted molar refractivity (Wildman–Crippen MR) is 147 cm³/mol. The third kappa shape index (κ3) is 5.98. The van der Waals surface area contributed by atoms with Crippen molar-refractivity contribution in [1.29, 1.82) is 0 Å². The molecule has 4 aromatic rings. The molecule has 0 unspecified atom stereocenters. The number of aromatic nitrogens is 3. The number of hydrogen-bond acceptors (Lipinski definition) is 5. The number of carbonyl (C=O) groups excluding carboxylic acids is 1. The van der Waals surface area contributed by atoms with Gasteiger partial charge in [-0.15, -0.1) is 0 Å². The number of aryl methyl sites for hydroxylation is 1. The average Bonchev–Trinajstić information content (AvgIpc) is 2.91. The highest BCUT2D eigenvalue weighted by Crippen LogP contribution is 2.55. The van der Waals surface area contributed by atoms with Crippen LogP contribution in [0.2, 0.25) is 0 Å². The van der Waals surface area contributed by atoms with E-state index in [-0.39, 0.29) is 0 Å². The van der Waals surface area contributed by atoms with Gasteiger partial charge >= 0.3 is 0 Å². The number of Topliss-reactive ketones (excluding diaryl/α,β-unsaturated/α-hetero) is 1. The van der Waals surface area contributed by atoms with E-state index < -0.39 is 7.26 Å². The van der Waals surface area contributed by atoms with Crippen molar-refractivity contribution in [3.05, 3.63) is 103 Å². The van der Waals surface area contributed by atoms with Crippen LogP contribution in [0, 0.1) is 0 Å². The summed E-state index contributed by atoms with van der Waals surface area (Å²) in [6.45, 7) is 0. The summed E-state index contributed by atoms with van der Waals surface area (Å²) >= 11 is 0. The summed E-state index contributed by atoms with van der Waals surface area (Å²) in [6.07, 6.45) is 4.85. The van der Waals surface area contributed by atoms with Gasteiger partial charge < -0.3 is 4.90 Å². The maximum Gasteiger partial charge on any atom is 0.228 e. The average molecular weight is 484 g/mol. The maximum atomic E-state index is 13.1. The zero-order valence-electron chi connectivity index (χ0n) is 20.4. The van der Waals surface area contributed by atoms with Crippen molar-refractivity contribution in [1.82, 2.24) is 15.0 Å². The molecule has 0 saturated carbocycles. The Bertz CT molecular complexity index is 1120. The molecule has 0 aliphatic heterocycles. The molecule has 0 aliphatic rings. The van der Waals surface area contributed by atoms with E-state index in [0.29, 0.717) is 31.0 Å². The second-order valence-electron chi connectivity index (χ2n) is 8.78. The normalized spacial score (nSPS) is 11.3. The molecule has 6 heteroatoms. The first-order chi connectivity index (χ1) is 17.1. The van der Waals surface area contributed by atoms with Crippen molar-refractivity contribution in [3.63, 3.8) is 0 Å². The van der Waals surface area contributed by atoms with Crippen LogP contribution in [0.4, 0.5) is 5.95 Å². The molecule has 0 saturated heterocycles. The van der Waals surface area contributed by atoms with Crippen LogP contribution < -0.4 is 20.8 Å². The quantitative estimate of drug-likeness (QED) is 0.299. The molecule has 0 aliphatic carbocycles. The summed E-state index contributed by atoms with van der Waals surface area (Å²) in [5.41, 5.74) is 0. The van der Waals surface area contributed by atoms with Gasteiger partial charge in [0.1, 0.15) is 41.1 Å². The highest BCUT2D eigenvalue weighted by molar-refractivity contribution is 7.95. The Morgan fingerprint density at radius 2 is 1.26 bits per heavy atom. The Balaban J connectivity index is 1.53. The lowest BCUT2D eigenvalue weighted by Crippen LogP contribution is -2.34. The molecule has 0 amide bonds. The largest absolute Gasteiger partial charge is 0.347 e. The SMILES string of the molecule is CN(C)c1ncnc(CCCC(=O)CC[P+](c2ccccc2)(c2ccccc2)c2ccccc2)n1. The molecule has 4 rings (SSSR count). The number of carbonyl (C=O) groups is 1. The van der Waals surface area contributed by atoms with Gasteiger partial charge in [-0.05, 0) is 42.8 Å². The molecule has 178 valence electrons. The number of nitrogens with zero attached hydrogens (tertiary/aromatic N) is 4. The van der Waals surface area contributed by atoms with Gasteiger partial charge in [-0.3, -0.25) is 4.79 Å². The highest BCUT2D eigenvalue weighted by Gasteiger charge is 2.45.